The molecule has 0 unspecified atom stereocenters. The first-order chi connectivity index (χ1) is 16.0. The number of ether oxygens (including phenoxy) is 1. The summed E-state index contributed by atoms with van der Waals surface area (Å²) in [6.45, 7) is 2.99. The monoisotopic (exact) mass is 460 g/mol. The molecule has 0 fully saturated rings. The van der Waals surface area contributed by atoms with Crippen molar-refractivity contribution in [1.29, 1.82) is 5.26 Å². The van der Waals surface area contributed by atoms with Gasteiger partial charge in [0.2, 0.25) is 5.91 Å². The first kappa shape index (κ1) is 22.5. The molecule has 7 nitrogen and oxygen atoms in total. The lowest BCUT2D eigenvalue weighted by molar-refractivity contribution is -0.116. The van der Waals surface area contributed by atoms with Crippen molar-refractivity contribution in [3.05, 3.63) is 82.0 Å². The fraction of sp³-hybridized carbons (Fsp3) is 0.280. The van der Waals surface area contributed by atoms with Crippen molar-refractivity contribution in [1.82, 2.24) is 9.88 Å². The number of nitrogens with one attached hydrogen (secondary N) is 1. The van der Waals surface area contributed by atoms with E-state index in [0.29, 0.717) is 36.5 Å². The van der Waals surface area contributed by atoms with Crippen LogP contribution in [0.15, 0.2) is 54.9 Å². The summed E-state index contributed by atoms with van der Waals surface area (Å²) in [5.41, 5.74) is 3.32. The van der Waals surface area contributed by atoms with Crippen molar-refractivity contribution in [2.75, 3.05) is 11.9 Å². The predicted octanol–water partition coefficient (Wildman–Crippen LogP) is 4.84. The molecule has 0 spiro atoms. The average molecular weight is 461 g/mol. The number of fused-ring (bicyclic) bond motifs is 1. The van der Waals surface area contributed by atoms with Gasteiger partial charge in [0.1, 0.15) is 17.7 Å². The Bertz CT molecular complexity index is 1170. The zero-order chi connectivity index (χ0) is 23.2. The maximum Gasteiger partial charge on any atom is 0.410 e. The molecule has 33 heavy (non-hydrogen) atoms. The van der Waals surface area contributed by atoms with E-state index in [1.54, 1.807) is 23.4 Å². The predicted molar refractivity (Wildman–Crippen MR) is 126 cm³/mol. The van der Waals surface area contributed by atoms with Crippen LogP contribution in [-0.2, 0) is 29.1 Å². The van der Waals surface area contributed by atoms with Crippen LogP contribution >= 0.6 is 11.3 Å². The summed E-state index contributed by atoms with van der Waals surface area (Å²) in [5, 5.41) is 13.2. The van der Waals surface area contributed by atoms with Crippen LogP contribution in [-0.4, -0.2) is 28.4 Å². The zero-order valence-electron chi connectivity index (χ0n) is 18.3. The molecule has 2 aromatic heterocycles. The van der Waals surface area contributed by atoms with Crippen LogP contribution in [0, 0.1) is 11.3 Å². The molecule has 0 aliphatic carbocycles. The lowest BCUT2D eigenvalue weighted by Gasteiger charge is -2.26. The molecule has 1 aliphatic heterocycles. The Morgan fingerprint density at radius 3 is 2.82 bits per heavy atom. The number of aromatic nitrogens is 1. The summed E-state index contributed by atoms with van der Waals surface area (Å²) in [7, 11) is 0. The van der Waals surface area contributed by atoms with Crippen molar-refractivity contribution in [2.45, 2.75) is 38.8 Å². The molecule has 0 saturated carbocycles. The molecule has 0 bridgehead atoms. The van der Waals surface area contributed by atoms with E-state index >= 15 is 0 Å². The molecule has 4 rings (SSSR count). The minimum atomic E-state index is -0.404. The number of hydrogen-bond donors (Lipinski definition) is 1. The normalized spacial score (nSPS) is 13.5. The zero-order valence-corrected chi connectivity index (χ0v) is 19.1. The van der Waals surface area contributed by atoms with E-state index in [2.05, 4.69) is 16.4 Å². The third kappa shape index (κ3) is 5.38. The van der Waals surface area contributed by atoms with Gasteiger partial charge >= 0.3 is 6.09 Å². The molecule has 1 atom stereocenters. The molecule has 3 heterocycles. The number of carbonyl (C=O) groups excluding carboxylic acids is 2. The van der Waals surface area contributed by atoms with Crippen molar-refractivity contribution >= 4 is 28.3 Å². The summed E-state index contributed by atoms with van der Waals surface area (Å²) in [4.78, 5) is 31.7. The van der Waals surface area contributed by atoms with Gasteiger partial charge in [-0.05, 0) is 29.5 Å². The third-order valence-electron chi connectivity index (χ3n) is 5.63. The van der Waals surface area contributed by atoms with Crippen molar-refractivity contribution in [3.8, 4) is 6.07 Å². The van der Waals surface area contributed by atoms with Gasteiger partial charge in [0.25, 0.3) is 0 Å². The van der Waals surface area contributed by atoms with Crippen LogP contribution in [0.1, 0.15) is 46.4 Å². The molecule has 8 heteroatoms. The Kier molecular flexibility index (Phi) is 7.01. The largest absolute Gasteiger partial charge is 0.444 e. The number of nitrogens with zero attached hydrogens (tertiary/aromatic N) is 3. The number of thiophene rings is 1. The number of carbonyl (C=O) groups is 2. The molecule has 168 valence electrons. The molecule has 2 amide bonds. The van der Waals surface area contributed by atoms with Crippen molar-refractivity contribution in [3.63, 3.8) is 0 Å². The molecule has 3 aromatic rings. The minimum absolute atomic E-state index is 0.0661. The van der Waals surface area contributed by atoms with E-state index in [0.717, 1.165) is 21.6 Å². The van der Waals surface area contributed by atoms with E-state index in [9.17, 15) is 14.9 Å². The molecule has 1 aliphatic rings. The van der Waals surface area contributed by atoms with Gasteiger partial charge in [-0.25, -0.2) is 4.79 Å². The highest BCUT2D eigenvalue weighted by atomic mass is 32.1. The summed E-state index contributed by atoms with van der Waals surface area (Å²) in [5.74, 6) is -0.0643. The number of anilines is 1. The average Bonchev–Trinajstić information content (AvgIpc) is 3.19. The number of rotatable bonds is 6. The minimum Gasteiger partial charge on any atom is -0.444 e. The van der Waals surface area contributed by atoms with Crippen molar-refractivity contribution < 1.29 is 14.3 Å². The Labute approximate surface area is 196 Å². The fourth-order valence-corrected chi connectivity index (χ4v) is 5.07. The van der Waals surface area contributed by atoms with E-state index in [4.69, 9.17) is 4.74 Å². The van der Waals surface area contributed by atoms with Gasteiger partial charge in [-0.2, -0.15) is 5.26 Å². The SMILES string of the molecule is C[C@@H](CC(=O)Nc1sc2c(c1C#N)CCN(C(=O)OCc1cccnc1)C2)c1ccccc1. The highest BCUT2D eigenvalue weighted by Crippen LogP contribution is 2.37. The fourth-order valence-electron chi connectivity index (χ4n) is 3.84. The van der Waals surface area contributed by atoms with E-state index in [-0.39, 0.29) is 18.4 Å². The Balaban J connectivity index is 1.39. The number of hydrogen-bond acceptors (Lipinski definition) is 6. The van der Waals surface area contributed by atoms with Crippen LogP contribution in [0.5, 0.6) is 0 Å². The van der Waals surface area contributed by atoms with Gasteiger partial charge in [-0.15, -0.1) is 11.3 Å². The van der Waals surface area contributed by atoms with E-state index < -0.39 is 6.09 Å². The molecule has 1 N–H and O–H groups in total. The van der Waals surface area contributed by atoms with Gasteiger partial charge in [-0.1, -0.05) is 43.3 Å². The lowest BCUT2D eigenvalue weighted by Crippen LogP contribution is -2.35. The number of pyridine rings is 1. The van der Waals surface area contributed by atoms with Crippen LogP contribution in [0.4, 0.5) is 9.80 Å². The summed E-state index contributed by atoms with van der Waals surface area (Å²) in [6.07, 6.45) is 3.80. The topological polar surface area (TPSA) is 95.3 Å². The molecule has 0 radical (unpaired) electrons. The summed E-state index contributed by atoms with van der Waals surface area (Å²) in [6, 6.07) is 15.8. The van der Waals surface area contributed by atoms with Gasteiger partial charge in [-0.3, -0.25) is 9.78 Å². The highest BCUT2D eigenvalue weighted by molar-refractivity contribution is 7.16. The Hall–Kier alpha value is -3.70. The van der Waals surface area contributed by atoms with Gasteiger partial charge in [0.05, 0.1) is 12.1 Å². The van der Waals surface area contributed by atoms with E-state index in [1.165, 1.54) is 11.3 Å². The third-order valence-corrected chi connectivity index (χ3v) is 6.76. The second-order valence-corrected chi connectivity index (χ2v) is 9.08. The van der Waals surface area contributed by atoms with Crippen LogP contribution in [0.2, 0.25) is 0 Å². The molecular weight excluding hydrogens is 436 g/mol. The maximum absolute atomic E-state index is 12.7. The standard InChI is InChI=1S/C25H24N4O3S/c1-17(19-7-3-2-4-8-19)12-23(30)28-24-21(13-26)20-9-11-29(15-22(20)33-24)25(31)32-16-18-6-5-10-27-14-18/h2-8,10,14,17H,9,11-12,15-16H2,1H3,(H,28,30)/t17-/m0/s1. The van der Waals surface area contributed by atoms with Crippen LogP contribution in [0.3, 0.4) is 0 Å². The molecule has 0 saturated heterocycles. The summed E-state index contributed by atoms with van der Waals surface area (Å²) < 4.78 is 5.41. The first-order valence-electron chi connectivity index (χ1n) is 10.7. The Morgan fingerprint density at radius 1 is 1.27 bits per heavy atom. The second-order valence-electron chi connectivity index (χ2n) is 7.97. The Morgan fingerprint density at radius 2 is 2.09 bits per heavy atom. The number of benzene rings is 1. The number of nitriles is 1. The maximum atomic E-state index is 12.7. The van der Waals surface area contributed by atoms with Gasteiger partial charge in [0, 0.05) is 35.8 Å². The quantitative estimate of drug-likeness (QED) is 0.568. The van der Waals surface area contributed by atoms with Crippen LogP contribution < -0.4 is 5.32 Å². The highest BCUT2D eigenvalue weighted by Gasteiger charge is 2.28. The first-order valence-corrected chi connectivity index (χ1v) is 11.6. The second kappa shape index (κ2) is 10.3. The number of amides is 2. The van der Waals surface area contributed by atoms with E-state index in [1.807, 2.05) is 43.3 Å². The molecule has 1 aromatic carbocycles. The summed E-state index contributed by atoms with van der Waals surface area (Å²) >= 11 is 1.36. The van der Waals surface area contributed by atoms with Crippen molar-refractivity contribution in [2.24, 2.45) is 0 Å². The smallest absolute Gasteiger partial charge is 0.410 e. The molecular formula is C25H24N4O3S. The lowest BCUT2D eigenvalue weighted by atomic mass is 9.97. The van der Waals surface area contributed by atoms with Crippen LogP contribution in [0.25, 0.3) is 0 Å². The van der Waals surface area contributed by atoms with Gasteiger partial charge < -0.3 is 15.0 Å². The van der Waals surface area contributed by atoms with Gasteiger partial charge in [0.15, 0.2) is 0 Å².